The smallest absolute Gasteiger partial charge is 0.168 e. The number of Topliss-reactive ketones (excluding diaryl/α,β-unsaturated/α-hetero) is 1. The monoisotopic (exact) mass is 250 g/mol. The minimum Gasteiger partial charge on any atom is -0.510 e. The summed E-state index contributed by atoms with van der Waals surface area (Å²) in [4.78, 5) is 16.9. The molecule has 0 aliphatic heterocycles. The topological polar surface area (TPSA) is 82.7 Å². The molecule has 1 N–H and O–H groups in total. The first-order valence-electron chi connectivity index (χ1n) is 5.88. The van der Waals surface area contributed by atoms with Gasteiger partial charge in [-0.2, -0.15) is 5.26 Å². The molecule has 0 aromatic heterocycles. The van der Waals surface area contributed by atoms with Gasteiger partial charge in [0, 0.05) is 6.42 Å². The summed E-state index contributed by atoms with van der Waals surface area (Å²) in [7, 11) is 0. The maximum absolute atomic E-state index is 12.0. The summed E-state index contributed by atoms with van der Waals surface area (Å²) < 4.78 is 0. The normalized spacial score (nSPS) is 23.8. The zero-order valence-corrected chi connectivity index (χ0v) is 11.1. The predicted octanol–water partition coefficient (Wildman–Crippen LogP) is 2.35. The Kier molecular flexibility index (Phi) is 4.12. The van der Waals surface area contributed by atoms with Crippen molar-refractivity contribution in [1.29, 1.82) is 5.26 Å². The zero-order chi connectivity index (χ0) is 13.9. The second-order valence-corrected chi connectivity index (χ2v) is 5.01. The molecule has 5 nitrogen and oxygen atoms in total. The van der Waals surface area contributed by atoms with Crippen LogP contribution in [-0.4, -0.2) is 23.2 Å². The van der Waals surface area contributed by atoms with Crippen molar-refractivity contribution in [2.24, 2.45) is 16.5 Å². The van der Waals surface area contributed by atoms with Crippen molar-refractivity contribution in [3.05, 3.63) is 11.3 Å². The van der Waals surface area contributed by atoms with E-state index in [0.717, 1.165) is 0 Å². The Morgan fingerprint density at radius 3 is 2.78 bits per heavy atom. The van der Waals surface area contributed by atoms with Gasteiger partial charge in [0.1, 0.15) is 18.3 Å². The summed E-state index contributed by atoms with van der Waals surface area (Å²) in [6.07, 6.45) is 0.212. The van der Waals surface area contributed by atoms with Gasteiger partial charge in [-0.25, -0.2) is 0 Å². The van der Waals surface area contributed by atoms with Crippen LogP contribution in [0.25, 0.3) is 0 Å². The van der Waals surface area contributed by atoms with Crippen molar-refractivity contribution in [3.63, 3.8) is 0 Å². The van der Waals surface area contributed by atoms with Crippen LogP contribution in [0.3, 0.4) is 0 Å². The second kappa shape index (κ2) is 5.21. The van der Waals surface area contributed by atoms with Crippen LogP contribution in [0.5, 0.6) is 0 Å². The van der Waals surface area contributed by atoms with Gasteiger partial charge < -0.3 is 9.94 Å². The van der Waals surface area contributed by atoms with Gasteiger partial charge in [0.15, 0.2) is 5.78 Å². The van der Waals surface area contributed by atoms with Gasteiger partial charge in [-0.15, -0.1) is 0 Å². The molecule has 0 radical (unpaired) electrons. The molecule has 0 aromatic rings. The number of nitriles is 1. The number of aliphatic hydroxyl groups is 1. The van der Waals surface area contributed by atoms with Gasteiger partial charge in [-0.05, 0) is 19.3 Å². The van der Waals surface area contributed by atoms with Gasteiger partial charge in [0.25, 0.3) is 0 Å². The van der Waals surface area contributed by atoms with E-state index in [4.69, 9.17) is 10.1 Å². The Labute approximate surface area is 107 Å². The van der Waals surface area contributed by atoms with Crippen LogP contribution in [-0.2, 0) is 9.63 Å². The molecule has 1 aliphatic carbocycles. The minimum absolute atomic E-state index is 0.120. The van der Waals surface area contributed by atoms with E-state index < -0.39 is 11.3 Å². The standard InChI is InChI=1S/C13H18N2O3/c1-5-18-15-8(2)11-10(16)6-13(3,4)9(7-14)12(11)17/h9,17H,5-6H2,1-4H3/b15-8+. The molecule has 98 valence electrons. The maximum Gasteiger partial charge on any atom is 0.168 e. The maximum atomic E-state index is 12.0. The summed E-state index contributed by atoms with van der Waals surface area (Å²) in [5.41, 5.74) is -0.130. The van der Waals surface area contributed by atoms with E-state index in [1.807, 2.05) is 6.07 Å². The van der Waals surface area contributed by atoms with Crippen molar-refractivity contribution in [2.45, 2.75) is 34.1 Å². The summed E-state index contributed by atoms with van der Waals surface area (Å²) in [6, 6.07) is 2.05. The van der Waals surface area contributed by atoms with Crippen molar-refractivity contribution in [2.75, 3.05) is 6.61 Å². The number of ketones is 1. The quantitative estimate of drug-likeness (QED) is 0.615. The van der Waals surface area contributed by atoms with Crippen LogP contribution < -0.4 is 0 Å². The van der Waals surface area contributed by atoms with Crippen molar-refractivity contribution < 1.29 is 14.7 Å². The fourth-order valence-electron chi connectivity index (χ4n) is 2.09. The third kappa shape index (κ3) is 2.53. The van der Waals surface area contributed by atoms with Crippen LogP contribution in [0, 0.1) is 22.7 Å². The lowest BCUT2D eigenvalue weighted by Crippen LogP contribution is -2.36. The molecular weight excluding hydrogens is 232 g/mol. The molecule has 0 heterocycles. The predicted molar refractivity (Wildman–Crippen MR) is 66.9 cm³/mol. The molecule has 1 aliphatic rings. The SMILES string of the molecule is CCO/N=C(\C)C1=C(O)C(C#N)C(C)(C)CC1=O. The van der Waals surface area contributed by atoms with E-state index in [2.05, 4.69) is 5.16 Å². The van der Waals surface area contributed by atoms with Crippen LogP contribution in [0.2, 0.25) is 0 Å². The molecule has 0 spiro atoms. The number of carbonyl (C=O) groups is 1. The van der Waals surface area contributed by atoms with Crippen LogP contribution in [0.15, 0.2) is 16.5 Å². The van der Waals surface area contributed by atoms with Gasteiger partial charge >= 0.3 is 0 Å². The van der Waals surface area contributed by atoms with Gasteiger partial charge in [0.05, 0.1) is 17.4 Å². The number of hydrogen-bond acceptors (Lipinski definition) is 5. The van der Waals surface area contributed by atoms with Crippen LogP contribution in [0.1, 0.15) is 34.1 Å². The Morgan fingerprint density at radius 1 is 1.67 bits per heavy atom. The van der Waals surface area contributed by atoms with Crippen molar-refractivity contribution >= 4 is 11.5 Å². The molecule has 0 aromatic carbocycles. The van der Waals surface area contributed by atoms with E-state index in [1.54, 1.807) is 27.7 Å². The first-order chi connectivity index (χ1) is 8.35. The summed E-state index contributed by atoms with van der Waals surface area (Å²) >= 11 is 0. The molecule has 0 bridgehead atoms. The molecule has 0 saturated heterocycles. The van der Waals surface area contributed by atoms with E-state index in [-0.39, 0.29) is 23.5 Å². The van der Waals surface area contributed by atoms with Gasteiger partial charge in [-0.1, -0.05) is 19.0 Å². The second-order valence-electron chi connectivity index (χ2n) is 5.01. The molecule has 1 unspecified atom stereocenters. The highest BCUT2D eigenvalue weighted by Gasteiger charge is 2.43. The highest BCUT2D eigenvalue weighted by molar-refractivity contribution is 6.22. The van der Waals surface area contributed by atoms with Crippen molar-refractivity contribution in [3.8, 4) is 6.07 Å². The first kappa shape index (κ1) is 14.2. The minimum atomic E-state index is -0.697. The number of nitrogens with zero attached hydrogens (tertiary/aromatic N) is 2. The lowest BCUT2D eigenvalue weighted by molar-refractivity contribution is -0.118. The third-order valence-electron chi connectivity index (χ3n) is 3.03. The molecule has 0 saturated carbocycles. The Morgan fingerprint density at radius 2 is 2.28 bits per heavy atom. The van der Waals surface area contributed by atoms with E-state index in [0.29, 0.717) is 12.3 Å². The fraction of sp³-hybridized carbons (Fsp3) is 0.615. The third-order valence-corrected chi connectivity index (χ3v) is 3.03. The molecular formula is C13H18N2O3. The van der Waals surface area contributed by atoms with E-state index in [9.17, 15) is 9.90 Å². The molecule has 0 amide bonds. The van der Waals surface area contributed by atoms with E-state index >= 15 is 0 Å². The first-order valence-corrected chi connectivity index (χ1v) is 5.88. The summed E-state index contributed by atoms with van der Waals surface area (Å²) in [5.74, 6) is -1.10. The van der Waals surface area contributed by atoms with Gasteiger partial charge in [0.2, 0.25) is 0 Å². The highest BCUT2D eigenvalue weighted by atomic mass is 16.6. The van der Waals surface area contributed by atoms with Crippen LogP contribution in [0.4, 0.5) is 0 Å². The van der Waals surface area contributed by atoms with Crippen LogP contribution >= 0.6 is 0 Å². The lowest BCUT2D eigenvalue weighted by Gasteiger charge is -2.33. The molecule has 5 heteroatoms. The Balaban J connectivity index is 3.25. The average molecular weight is 250 g/mol. The fourth-order valence-corrected chi connectivity index (χ4v) is 2.09. The summed E-state index contributed by atoms with van der Waals surface area (Å²) in [6.45, 7) is 7.33. The van der Waals surface area contributed by atoms with E-state index in [1.165, 1.54) is 0 Å². The van der Waals surface area contributed by atoms with Gasteiger partial charge in [-0.3, -0.25) is 4.79 Å². The number of rotatable bonds is 3. The lowest BCUT2D eigenvalue weighted by atomic mass is 9.68. The Hall–Kier alpha value is -1.83. The largest absolute Gasteiger partial charge is 0.510 e. The molecule has 18 heavy (non-hydrogen) atoms. The number of oxime groups is 1. The number of carbonyl (C=O) groups excluding carboxylic acids is 1. The summed E-state index contributed by atoms with van der Waals surface area (Å²) in [5, 5.41) is 23.0. The Bertz CT molecular complexity index is 455. The molecule has 0 fully saturated rings. The number of hydrogen-bond donors (Lipinski definition) is 1. The number of aliphatic hydroxyl groups excluding tert-OH is 1. The molecule has 1 rings (SSSR count). The van der Waals surface area contributed by atoms with Crippen molar-refractivity contribution in [1.82, 2.24) is 0 Å². The number of allylic oxidation sites excluding steroid dienone is 2. The highest BCUT2D eigenvalue weighted by Crippen LogP contribution is 2.41. The average Bonchev–Trinajstić information content (AvgIpc) is 2.24. The zero-order valence-electron chi connectivity index (χ0n) is 11.1. The molecule has 1 atom stereocenters.